The highest BCUT2D eigenvalue weighted by Gasteiger charge is 1.97. The van der Waals surface area contributed by atoms with Crippen LogP contribution in [-0.4, -0.2) is 13.0 Å². The molecule has 0 saturated heterocycles. The van der Waals surface area contributed by atoms with E-state index in [1.54, 1.807) is 0 Å². The molecule has 0 radical (unpaired) electrons. The normalized spacial score (nSPS) is 12.1. The Hall–Kier alpha value is -0.0300. The number of hydrogen-bond acceptors (Lipinski definition) is 3. The Labute approximate surface area is 41.9 Å². The summed E-state index contributed by atoms with van der Waals surface area (Å²) in [6.07, 6.45) is 0. The van der Waals surface area contributed by atoms with Crippen molar-refractivity contribution >= 4 is 18.9 Å². The first-order valence-electron chi connectivity index (χ1n) is 1.13. The van der Waals surface area contributed by atoms with Gasteiger partial charge < -0.3 is 0 Å². The van der Waals surface area contributed by atoms with Gasteiger partial charge in [-0.1, -0.05) is 0 Å². The second kappa shape index (κ2) is 2.32. The Bertz CT molecular complexity index is 145. The predicted octanol–water partition coefficient (Wildman–Crippen LogP) is -0.414. The maximum Gasteiger partial charge on any atom is 0.343 e. The minimum atomic E-state index is -4.25. The Morgan fingerprint density at radius 2 is 2.00 bits per heavy atom. The van der Waals surface area contributed by atoms with Gasteiger partial charge in [-0.05, 0) is 0 Å². The molecule has 0 aliphatic heterocycles. The maximum atomic E-state index is 9.47. The molecule has 0 aromatic carbocycles. The Morgan fingerprint density at radius 1 is 1.57 bits per heavy atom. The van der Waals surface area contributed by atoms with Crippen molar-refractivity contribution in [1.82, 2.24) is 4.49 Å². The average molecular weight is 143 g/mol. The van der Waals surface area contributed by atoms with Gasteiger partial charge in [-0.15, -0.1) is 4.49 Å². The van der Waals surface area contributed by atoms with Gasteiger partial charge in [0.25, 0.3) is 8.61 Å². The standard InChI is InChI=1S/H2NO4PS/c2-6-1-7(3,4)5/h(H,1,2)(H,3,4,5). The minimum absolute atomic E-state index is 0.829. The highest BCUT2D eigenvalue weighted by atomic mass is 32.2. The van der Waals surface area contributed by atoms with Crippen molar-refractivity contribution in [1.29, 1.82) is 0 Å². The molecule has 0 unspecified atom stereocenters. The van der Waals surface area contributed by atoms with Crippen LogP contribution in [0.2, 0.25) is 0 Å². The number of rotatable bonds is 2. The van der Waals surface area contributed by atoms with E-state index in [0.29, 0.717) is 0 Å². The van der Waals surface area contributed by atoms with Crippen LogP contribution in [-0.2, 0) is 14.9 Å². The van der Waals surface area contributed by atoms with Crippen LogP contribution in [0.25, 0.3) is 0 Å². The summed E-state index contributed by atoms with van der Waals surface area (Å²) < 4.78 is 37.1. The Morgan fingerprint density at radius 3 is 2.00 bits per heavy atom. The first kappa shape index (κ1) is 6.97. The molecule has 42 valence electrons. The molecule has 0 amide bonds. The summed E-state index contributed by atoms with van der Waals surface area (Å²) in [5, 5.41) is 0. The molecular formula is H2NO4PS. The quantitative estimate of drug-likeness (QED) is 0.406. The lowest BCUT2D eigenvalue weighted by atomic mass is 13.9. The van der Waals surface area contributed by atoms with Crippen molar-refractivity contribution < 1.29 is 17.5 Å². The van der Waals surface area contributed by atoms with Gasteiger partial charge in [0.05, 0.1) is 0 Å². The van der Waals surface area contributed by atoms with Crippen molar-refractivity contribution in [3.8, 4) is 0 Å². The Balaban J connectivity index is 3.84. The van der Waals surface area contributed by atoms with Gasteiger partial charge in [0, 0.05) is 0 Å². The summed E-state index contributed by atoms with van der Waals surface area (Å²) in [5.74, 6) is 0. The molecule has 7 heteroatoms. The monoisotopic (exact) mass is 143 g/mol. The molecule has 0 rings (SSSR count). The molecule has 0 saturated carbocycles. The SMILES string of the molecule is O=PNS(=O)(=O)O. The fourth-order valence-corrected chi connectivity index (χ4v) is 0.424. The molecule has 0 atom stereocenters. The van der Waals surface area contributed by atoms with Crippen molar-refractivity contribution in [2.75, 3.05) is 0 Å². The maximum absolute atomic E-state index is 9.47. The number of nitrogens with one attached hydrogen (secondary N) is 1. The van der Waals surface area contributed by atoms with Gasteiger partial charge in [-0.2, -0.15) is 8.42 Å². The first-order chi connectivity index (χ1) is 3.06. The lowest BCUT2D eigenvalue weighted by Crippen LogP contribution is -2.10. The molecule has 0 heterocycles. The van der Waals surface area contributed by atoms with Gasteiger partial charge in [-0.25, -0.2) is 0 Å². The van der Waals surface area contributed by atoms with Crippen LogP contribution >= 0.6 is 8.61 Å². The van der Waals surface area contributed by atoms with E-state index >= 15 is 0 Å². The third-order valence-electron chi connectivity index (χ3n) is 0.153. The highest BCUT2D eigenvalue weighted by molar-refractivity contribution is 7.87. The third-order valence-corrected chi connectivity index (χ3v) is 1.37. The van der Waals surface area contributed by atoms with E-state index in [1.807, 2.05) is 0 Å². The van der Waals surface area contributed by atoms with E-state index in [9.17, 15) is 13.0 Å². The number of hydrogen-bond donors (Lipinski definition) is 2. The summed E-state index contributed by atoms with van der Waals surface area (Å²) in [5.41, 5.74) is 0. The van der Waals surface area contributed by atoms with Gasteiger partial charge in [0.1, 0.15) is 0 Å². The molecule has 0 aromatic rings. The summed E-state index contributed by atoms with van der Waals surface area (Å²) in [4.78, 5) is 0. The van der Waals surface area contributed by atoms with Crippen molar-refractivity contribution in [3.63, 3.8) is 0 Å². The zero-order valence-electron chi connectivity index (χ0n) is 3.03. The van der Waals surface area contributed by atoms with Crippen molar-refractivity contribution in [3.05, 3.63) is 0 Å². The molecule has 0 bridgehead atoms. The van der Waals surface area contributed by atoms with Crippen LogP contribution in [0.15, 0.2) is 0 Å². The van der Waals surface area contributed by atoms with Crippen molar-refractivity contribution in [2.24, 2.45) is 0 Å². The zero-order chi connectivity index (χ0) is 5.91. The fourth-order valence-electron chi connectivity index (χ4n) is 0.0471. The van der Waals surface area contributed by atoms with E-state index in [-0.39, 0.29) is 0 Å². The van der Waals surface area contributed by atoms with E-state index < -0.39 is 18.9 Å². The molecule has 7 heavy (non-hydrogen) atoms. The van der Waals surface area contributed by atoms with Gasteiger partial charge >= 0.3 is 10.3 Å². The van der Waals surface area contributed by atoms with E-state index in [2.05, 4.69) is 0 Å². The van der Waals surface area contributed by atoms with Crippen LogP contribution < -0.4 is 4.49 Å². The van der Waals surface area contributed by atoms with E-state index in [4.69, 9.17) is 4.55 Å². The molecule has 5 nitrogen and oxygen atoms in total. The first-order valence-corrected chi connectivity index (χ1v) is 3.38. The summed E-state index contributed by atoms with van der Waals surface area (Å²) >= 11 is 0. The molecule has 0 spiro atoms. The topological polar surface area (TPSA) is 83.5 Å². The van der Waals surface area contributed by atoms with Crippen LogP contribution in [0.4, 0.5) is 0 Å². The molecule has 0 aliphatic carbocycles. The lowest BCUT2D eigenvalue weighted by Gasteiger charge is -1.81. The Kier molecular flexibility index (Phi) is 2.31. The molecule has 0 fully saturated rings. The van der Waals surface area contributed by atoms with Crippen LogP contribution in [0.1, 0.15) is 0 Å². The molecular weight excluding hydrogens is 141 g/mol. The second-order valence-electron chi connectivity index (χ2n) is 0.658. The van der Waals surface area contributed by atoms with Gasteiger partial charge in [0.15, 0.2) is 0 Å². The largest absolute Gasteiger partial charge is 0.343 e. The van der Waals surface area contributed by atoms with Gasteiger partial charge in [0.2, 0.25) is 0 Å². The molecule has 0 aliphatic rings. The van der Waals surface area contributed by atoms with Crippen LogP contribution in [0.5, 0.6) is 0 Å². The molecule has 2 N–H and O–H groups in total. The molecule has 0 aromatic heterocycles. The van der Waals surface area contributed by atoms with Crippen molar-refractivity contribution in [2.45, 2.75) is 0 Å². The van der Waals surface area contributed by atoms with Gasteiger partial charge in [-0.3, -0.25) is 9.12 Å². The predicted molar refractivity (Wildman–Crippen MR) is 22.3 cm³/mol. The summed E-state index contributed by atoms with van der Waals surface area (Å²) in [7, 11) is -5.08. The summed E-state index contributed by atoms with van der Waals surface area (Å²) in [6, 6.07) is 0. The fraction of sp³-hybridized carbons (Fsp3) is 0. The zero-order valence-corrected chi connectivity index (χ0v) is 4.74. The average Bonchev–Trinajstić information content (AvgIpc) is 1.30. The second-order valence-corrected chi connectivity index (χ2v) is 2.52. The summed E-state index contributed by atoms with van der Waals surface area (Å²) in [6.45, 7) is 0. The minimum Gasteiger partial charge on any atom is -0.273 e. The van der Waals surface area contributed by atoms with E-state index in [1.165, 1.54) is 4.49 Å². The van der Waals surface area contributed by atoms with E-state index in [0.717, 1.165) is 0 Å². The third kappa shape index (κ3) is 5.97. The smallest absolute Gasteiger partial charge is 0.273 e. The van der Waals surface area contributed by atoms with Crippen LogP contribution in [0, 0.1) is 0 Å². The highest BCUT2D eigenvalue weighted by Crippen LogP contribution is 1.83. The lowest BCUT2D eigenvalue weighted by molar-refractivity contribution is 0.479. The van der Waals surface area contributed by atoms with Crippen LogP contribution in [0.3, 0.4) is 0 Å².